The third-order valence-electron chi connectivity index (χ3n) is 5.85. The molecule has 27 heavy (non-hydrogen) atoms. The number of nitrogens with zero attached hydrogens (tertiary/aromatic N) is 2. The lowest BCUT2D eigenvalue weighted by molar-refractivity contribution is -0.138. The SMILES string of the molecule is CO[C@@]12CCC(O)CC1N(C(=O)CN(c1cccc(C)c1)S(C)(=O)=O)CC2. The summed E-state index contributed by atoms with van der Waals surface area (Å²) >= 11 is 0. The van der Waals surface area contributed by atoms with Gasteiger partial charge in [-0.2, -0.15) is 0 Å². The van der Waals surface area contributed by atoms with Gasteiger partial charge >= 0.3 is 0 Å². The molecule has 2 fully saturated rings. The molecule has 2 aliphatic rings. The lowest BCUT2D eigenvalue weighted by Gasteiger charge is -2.42. The normalized spacial score (nSPS) is 28.1. The Morgan fingerprint density at radius 3 is 2.78 bits per heavy atom. The molecule has 1 N–H and O–H groups in total. The Balaban J connectivity index is 1.84. The van der Waals surface area contributed by atoms with Crippen LogP contribution < -0.4 is 4.31 Å². The van der Waals surface area contributed by atoms with E-state index in [1.807, 2.05) is 13.0 Å². The first kappa shape index (κ1) is 20.1. The number of carbonyl (C=O) groups is 1. The van der Waals surface area contributed by atoms with Gasteiger partial charge in [0.2, 0.25) is 15.9 Å². The molecule has 2 unspecified atom stereocenters. The number of carbonyl (C=O) groups excluding carboxylic acids is 1. The summed E-state index contributed by atoms with van der Waals surface area (Å²) in [5.41, 5.74) is 0.962. The minimum atomic E-state index is -3.62. The summed E-state index contributed by atoms with van der Waals surface area (Å²) < 4.78 is 31.6. The van der Waals surface area contributed by atoms with Crippen LogP contribution in [0.5, 0.6) is 0 Å². The lowest BCUT2D eigenvalue weighted by Crippen LogP contribution is -2.54. The Morgan fingerprint density at radius 1 is 1.41 bits per heavy atom. The van der Waals surface area contributed by atoms with Gasteiger partial charge in [-0.1, -0.05) is 12.1 Å². The van der Waals surface area contributed by atoms with Crippen LogP contribution in [0.2, 0.25) is 0 Å². The standard InChI is InChI=1S/C19H28N2O5S/c1-14-5-4-6-15(11-14)21(27(3,24)25)13-18(23)20-10-9-19(26-2)8-7-16(22)12-17(19)20/h4-6,11,16-17,22H,7-10,12-13H2,1-3H3/t16?,17?,19-/m1/s1. The van der Waals surface area contributed by atoms with E-state index in [0.717, 1.165) is 16.1 Å². The fourth-order valence-electron chi connectivity index (χ4n) is 4.37. The van der Waals surface area contributed by atoms with E-state index >= 15 is 0 Å². The molecular weight excluding hydrogens is 368 g/mol. The number of amides is 1. The number of aliphatic hydroxyl groups excluding tert-OH is 1. The zero-order chi connectivity index (χ0) is 19.8. The van der Waals surface area contributed by atoms with E-state index in [4.69, 9.17) is 4.74 Å². The molecule has 8 heteroatoms. The second-order valence-electron chi connectivity index (χ2n) is 7.66. The number of hydrogen-bond donors (Lipinski definition) is 1. The van der Waals surface area contributed by atoms with Crippen LogP contribution in [0.15, 0.2) is 24.3 Å². The first-order valence-corrected chi connectivity index (χ1v) is 11.1. The van der Waals surface area contributed by atoms with Crippen LogP contribution in [-0.2, 0) is 19.6 Å². The van der Waals surface area contributed by atoms with Crippen LogP contribution in [0.1, 0.15) is 31.2 Å². The Morgan fingerprint density at radius 2 is 2.15 bits per heavy atom. The predicted molar refractivity (Wildman–Crippen MR) is 103 cm³/mol. The number of fused-ring (bicyclic) bond motifs is 1. The molecule has 1 saturated heterocycles. The van der Waals surface area contributed by atoms with Crippen LogP contribution in [0.3, 0.4) is 0 Å². The van der Waals surface area contributed by atoms with E-state index in [-0.39, 0.29) is 18.5 Å². The second-order valence-corrected chi connectivity index (χ2v) is 9.57. The van der Waals surface area contributed by atoms with Gasteiger partial charge in [-0.05, 0) is 50.3 Å². The molecule has 3 atom stereocenters. The smallest absolute Gasteiger partial charge is 0.243 e. The Hall–Kier alpha value is -1.64. The third kappa shape index (κ3) is 3.97. The van der Waals surface area contributed by atoms with E-state index in [2.05, 4.69) is 0 Å². The van der Waals surface area contributed by atoms with Crippen LogP contribution in [-0.4, -0.2) is 68.5 Å². The van der Waals surface area contributed by atoms with Gasteiger partial charge in [0.05, 0.1) is 29.7 Å². The maximum absolute atomic E-state index is 13.1. The van der Waals surface area contributed by atoms with Gasteiger partial charge in [0, 0.05) is 13.7 Å². The van der Waals surface area contributed by atoms with Crippen LogP contribution >= 0.6 is 0 Å². The van der Waals surface area contributed by atoms with Crippen molar-refractivity contribution in [1.29, 1.82) is 0 Å². The van der Waals surface area contributed by atoms with Crippen LogP contribution in [0.25, 0.3) is 0 Å². The lowest BCUT2D eigenvalue weighted by atomic mass is 9.79. The van der Waals surface area contributed by atoms with Crippen LogP contribution in [0.4, 0.5) is 5.69 Å². The summed E-state index contributed by atoms with van der Waals surface area (Å²) in [7, 11) is -1.97. The topological polar surface area (TPSA) is 87.2 Å². The number of sulfonamides is 1. The molecule has 1 aliphatic carbocycles. The third-order valence-corrected chi connectivity index (χ3v) is 6.99. The zero-order valence-electron chi connectivity index (χ0n) is 16.1. The van der Waals surface area contributed by atoms with Crippen molar-refractivity contribution in [3.05, 3.63) is 29.8 Å². The zero-order valence-corrected chi connectivity index (χ0v) is 16.9. The van der Waals surface area contributed by atoms with Gasteiger partial charge in [-0.15, -0.1) is 0 Å². The quantitative estimate of drug-likeness (QED) is 0.810. The highest BCUT2D eigenvalue weighted by Crippen LogP contribution is 2.42. The number of aryl methyl sites for hydroxylation is 1. The Bertz CT molecular complexity index is 812. The summed E-state index contributed by atoms with van der Waals surface area (Å²) in [5, 5.41) is 10.1. The summed E-state index contributed by atoms with van der Waals surface area (Å²) in [4.78, 5) is 14.8. The van der Waals surface area contributed by atoms with Gasteiger partial charge in [-0.3, -0.25) is 9.10 Å². The van der Waals surface area contributed by atoms with Crippen molar-refractivity contribution in [2.45, 2.75) is 50.4 Å². The summed E-state index contributed by atoms with van der Waals surface area (Å²) in [6.07, 6.45) is 3.17. The first-order valence-electron chi connectivity index (χ1n) is 9.23. The number of hydrogen-bond acceptors (Lipinski definition) is 5. The van der Waals surface area contributed by atoms with Crippen molar-refractivity contribution in [2.24, 2.45) is 0 Å². The highest BCUT2D eigenvalue weighted by Gasteiger charge is 2.52. The molecule has 0 bridgehead atoms. The molecule has 3 rings (SSSR count). The Labute approximate surface area is 161 Å². The molecule has 1 amide bonds. The van der Waals surface area contributed by atoms with Gasteiger partial charge < -0.3 is 14.7 Å². The molecule has 0 spiro atoms. The average Bonchev–Trinajstić information content (AvgIpc) is 2.98. The van der Waals surface area contributed by atoms with Gasteiger partial charge in [-0.25, -0.2) is 8.42 Å². The van der Waals surface area contributed by atoms with Gasteiger partial charge in [0.1, 0.15) is 6.54 Å². The largest absolute Gasteiger partial charge is 0.393 e. The summed E-state index contributed by atoms with van der Waals surface area (Å²) in [5.74, 6) is -0.264. The highest BCUT2D eigenvalue weighted by atomic mass is 32.2. The number of likely N-dealkylation sites (tertiary alicyclic amines) is 1. The number of ether oxygens (including phenoxy) is 1. The Kier molecular flexibility index (Phi) is 5.52. The van der Waals surface area contributed by atoms with Crippen molar-refractivity contribution in [1.82, 2.24) is 4.90 Å². The van der Waals surface area contributed by atoms with E-state index in [9.17, 15) is 18.3 Å². The van der Waals surface area contributed by atoms with E-state index < -0.39 is 21.7 Å². The first-order chi connectivity index (χ1) is 12.7. The van der Waals surface area contributed by atoms with Crippen molar-refractivity contribution in [2.75, 3.05) is 30.8 Å². The highest BCUT2D eigenvalue weighted by molar-refractivity contribution is 7.92. The monoisotopic (exact) mass is 396 g/mol. The maximum Gasteiger partial charge on any atom is 0.243 e. The second kappa shape index (κ2) is 7.41. The number of rotatable bonds is 5. The number of anilines is 1. The van der Waals surface area contributed by atoms with Crippen molar-refractivity contribution in [3.63, 3.8) is 0 Å². The maximum atomic E-state index is 13.1. The van der Waals surface area contributed by atoms with E-state index in [1.54, 1.807) is 30.2 Å². The molecule has 1 aliphatic heterocycles. The predicted octanol–water partition coefficient (Wildman–Crippen LogP) is 1.29. The molecule has 1 saturated carbocycles. The van der Waals surface area contributed by atoms with E-state index in [0.29, 0.717) is 37.9 Å². The molecule has 1 aromatic carbocycles. The minimum absolute atomic E-state index is 0.224. The van der Waals surface area contributed by atoms with Gasteiger partial charge in [0.25, 0.3) is 0 Å². The molecular formula is C19H28N2O5S. The molecule has 1 heterocycles. The number of methoxy groups -OCH3 is 1. The van der Waals surface area contributed by atoms with Crippen LogP contribution in [0, 0.1) is 6.92 Å². The molecule has 150 valence electrons. The summed E-state index contributed by atoms with van der Waals surface area (Å²) in [6, 6.07) is 6.87. The fourth-order valence-corrected chi connectivity index (χ4v) is 5.21. The molecule has 0 radical (unpaired) electrons. The molecule has 7 nitrogen and oxygen atoms in total. The summed E-state index contributed by atoms with van der Waals surface area (Å²) in [6.45, 7) is 2.13. The average molecular weight is 397 g/mol. The molecule has 1 aromatic rings. The molecule has 0 aromatic heterocycles. The van der Waals surface area contributed by atoms with Crippen molar-refractivity contribution in [3.8, 4) is 0 Å². The minimum Gasteiger partial charge on any atom is -0.393 e. The van der Waals surface area contributed by atoms with E-state index in [1.165, 1.54) is 0 Å². The number of benzene rings is 1. The van der Waals surface area contributed by atoms with Crippen molar-refractivity contribution < 1.29 is 23.1 Å². The number of aliphatic hydroxyl groups is 1. The van der Waals surface area contributed by atoms with Gasteiger partial charge in [0.15, 0.2) is 0 Å². The fraction of sp³-hybridized carbons (Fsp3) is 0.632. The van der Waals surface area contributed by atoms with Crippen molar-refractivity contribution >= 4 is 21.6 Å².